The zero-order valence-corrected chi connectivity index (χ0v) is 19.0. The van der Waals surface area contributed by atoms with E-state index in [0.29, 0.717) is 22.6 Å². The van der Waals surface area contributed by atoms with Gasteiger partial charge in [-0.2, -0.15) is 0 Å². The predicted molar refractivity (Wildman–Crippen MR) is 123 cm³/mol. The molecule has 0 radical (unpaired) electrons. The molecule has 35 heavy (non-hydrogen) atoms. The molecule has 2 aliphatic heterocycles. The smallest absolute Gasteiger partial charge is 0.177 e. The van der Waals surface area contributed by atoms with Crippen molar-refractivity contribution in [1.82, 2.24) is 0 Å². The second-order valence-corrected chi connectivity index (χ2v) is 8.54. The number of aromatic hydroxyl groups is 3. The molecule has 2 aliphatic rings. The second kappa shape index (κ2) is 8.59. The average molecular weight is 480 g/mol. The van der Waals surface area contributed by atoms with Gasteiger partial charge in [-0.05, 0) is 29.8 Å². The summed E-state index contributed by atoms with van der Waals surface area (Å²) in [5, 5.41) is 39.8. The molecular formula is C26H24O9. The van der Waals surface area contributed by atoms with Gasteiger partial charge in [0.25, 0.3) is 0 Å². The van der Waals surface area contributed by atoms with Crippen LogP contribution in [0, 0.1) is 5.92 Å². The topological polar surface area (TPSA) is 135 Å². The number of carbonyl (C=O) groups is 1. The molecule has 0 amide bonds. The summed E-state index contributed by atoms with van der Waals surface area (Å²) in [6.07, 6.45) is -2.10. The largest absolute Gasteiger partial charge is 0.508 e. The fourth-order valence-corrected chi connectivity index (χ4v) is 4.50. The van der Waals surface area contributed by atoms with Crippen molar-refractivity contribution in [2.75, 3.05) is 13.7 Å². The number of aliphatic hydroxyl groups is 1. The Labute approximate surface area is 200 Å². The summed E-state index contributed by atoms with van der Waals surface area (Å²) in [5.74, 6) is -0.346. The zero-order valence-electron chi connectivity index (χ0n) is 19.0. The second-order valence-electron chi connectivity index (χ2n) is 8.54. The van der Waals surface area contributed by atoms with Gasteiger partial charge in [0.1, 0.15) is 28.9 Å². The number of Topliss-reactive ketones (excluding diaryl/α,β-unsaturated/α-hetero) is 1. The SMILES string of the molecule is COc1cc([C@H]2Oc3cc([C@@H]4Oc5cc(O)cc(O)c5C(=O)[C@@H]4C)ccc3O[C@H]2CO)ccc1O. The maximum absolute atomic E-state index is 13.0. The third-order valence-corrected chi connectivity index (χ3v) is 6.31. The molecule has 2 heterocycles. The van der Waals surface area contributed by atoms with Crippen molar-refractivity contribution >= 4 is 5.78 Å². The van der Waals surface area contributed by atoms with E-state index in [2.05, 4.69) is 0 Å². The lowest BCUT2D eigenvalue weighted by Gasteiger charge is -2.35. The van der Waals surface area contributed by atoms with Crippen molar-refractivity contribution < 1.29 is 44.2 Å². The van der Waals surface area contributed by atoms with E-state index in [-0.39, 0.29) is 46.7 Å². The van der Waals surface area contributed by atoms with Crippen LogP contribution in [-0.2, 0) is 0 Å². The van der Waals surface area contributed by atoms with Gasteiger partial charge in [-0.25, -0.2) is 0 Å². The summed E-state index contributed by atoms with van der Waals surface area (Å²) >= 11 is 0. The van der Waals surface area contributed by atoms with E-state index >= 15 is 0 Å². The van der Waals surface area contributed by atoms with E-state index < -0.39 is 24.2 Å². The molecule has 3 aromatic carbocycles. The maximum atomic E-state index is 13.0. The lowest BCUT2D eigenvalue weighted by Crippen LogP contribution is -2.36. The van der Waals surface area contributed by atoms with Gasteiger partial charge in [0, 0.05) is 17.7 Å². The number of aliphatic hydroxyl groups excluding tert-OH is 1. The lowest BCUT2D eigenvalue weighted by molar-refractivity contribution is -0.0127. The van der Waals surface area contributed by atoms with Crippen LogP contribution in [0.3, 0.4) is 0 Å². The Bertz CT molecular complexity index is 1300. The molecule has 182 valence electrons. The van der Waals surface area contributed by atoms with Crippen LogP contribution in [0.25, 0.3) is 0 Å². The Hall–Kier alpha value is -4.11. The number of methoxy groups -OCH3 is 1. The van der Waals surface area contributed by atoms with Crippen molar-refractivity contribution in [2.45, 2.75) is 25.2 Å². The number of phenolic OH excluding ortho intramolecular Hbond substituents is 3. The highest BCUT2D eigenvalue weighted by Crippen LogP contribution is 2.47. The first-order chi connectivity index (χ1) is 16.8. The zero-order chi connectivity index (χ0) is 24.9. The van der Waals surface area contributed by atoms with E-state index in [1.54, 1.807) is 37.3 Å². The van der Waals surface area contributed by atoms with Gasteiger partial charge in [-0.15, -0.1) is 0 Å². The standard InChI is InChI=1S/C26H24O9/c1-12-24(31)23-17(30)9-15(28)10-21(23)35-25(12)13-4-6-18-20(8-13)34-26(22(11-27)33-18)14-3-5-16(29)19(7-14)32-2/h3-10,12,22,25-30H,11H2,1-2H3/t12-,22-,25+,26+/m0/s1. The van der Waals surface area contributed by atoms with Gasteiger partial charge in [0.15, 0.2) is 41.0 Å². The first kappa shape index (κ1) is 22.7. The highest BCUT2D eigenvalue weighted by Gasteiger charge is 2.39. The molecule has 9 heteroatoms. The average Bonchev–Trinajstić information content (AvgIpc) is 2.85. The minimum Gasteiger partial charge on any atom is -0.508 e. The van der Waals surface area contributed by atoms with Crippen molar-refractivity contribution in [3.63, 3.8) is 0 Å². The Kier molecular flexibility index (Phi) is 5.56. The van der Waals surface area contributed by atoms with Crippen LogP contribution in [0.15, 0.2) is 48.5 Å². The van der Waals surface area contributed by atoms with Crippen LogP contribution in [0.2, 0.25) is 0 Å². The molecule has 3 aromatic rings. The molecule has 4 N–H and O–H groups in total. The van der Waals surface area contributed by atoms with E-state index in [4.69, 9.17) is 18.9 Å². The highest BCUT2D eigenvalue weighted by molar-refractivity contribution is 6.04. The number of phenols is 3. The number of ketones is 1. The molecule has 0 fully saturated rings. The Morgan fingerprint density at radius 3 is 2.29 bits per heavy atom. The van der Waals surface area contributed by atoms with Gasteiger partial charge < -0.3 is 39.4 Å². The summed E-state index contributed by atoms with van der Waals surface area (Å²) in [7, 11) is 1.44. The first-order valence-corrected chi connectivity index (χ1v) is 11.0. The summed E-state index contributed by atoms with van der Waals surface area (Å²) in [6.45, 7) is 1.39. The molecule has 5 rings (SSSR count). The number of fused-ring (bicyclic) bond motifs is 2. The number of hydrogen-bond donors (Lipinski definition) is 4. The van der Waals surface area contributed by atoms with Crippen LogP contribution in [0.4, 0.5) is 0 Å². The van der Waals surface area contributed by atoms with E-state index in [0.717, 1.165) is 6.07 Å². The molecule has 0 saturated heterocycles. The third kappa shape index (κ3) is 3.83. The number of ether oxygens (including phenoxy) is 4. The van der Waals surface area contributed by atoms with Crippen molar-refractivity contribution in [2.24, 2.45) is 5.92 Å². The quantitative estimate of drug-likeness (QED) is 0.441. The van der Waals surface area contributed by atoms with Gasteiger partial charge in [0.05, 0.1) is 19.6 Å². The fourth-order valence-electron chi connectivity index (χ4n) is 4.50. The predicted octanol–water partition coefficient (Wildman–Crippen LogP) is 3.64. The van der Waals surface area contributed by atoms with E-state index in [9.17, 15) is 25.2 Å². The minimum absolute atomic E-state index is 0.0262. The molecule has 0 unspecified atom stereocenters. The van der Waals surface area contributed by atoms with E-state index in [1.807, 2.05) is 0 Å². The van der Waals surface area contributed by atoms with Crippen molar-refractivity contribution in [1.29, 1.82) is 0 Å². The van der Waals surface area contributed by atoms with Crippen LogP contribution >= 0.6 is 0 Å². The van der Waals surface area contributed by atoms with Crippen molar-refractivity contribution in [3.05, 3.63) is 65.2 Å². The number of carbonyl (C=O) groups excluding carboxylic acids is 1. The molecule has 4 atom stereocenters. The number of hydrogen-bond acceptors (Lipinski definition) is 9. The molecule has 0 bridgehead atoms. The van der Waals surface area contributed by atoms with Crippen LogP contribution in [-0.4, -0.2) is 46.0 Å². The Balaban J connectivity index is 1.49. The van der Waals surface area contributed by atoms with Crippen molar-refractivity contribution in [3.8, 4) is 40.2 Å². The molecule has 0 saturated carbocycles. The Morgan fingerprint density at radius 1 is 0.829 bits per heavy atom. The number of rotatable bonds is 4. The summed E-state index contributed by atoms with van der Waals surface area (Å²) in [6, 6.07) is 12.3. The maximum Gasteiger partial charge on any atom is 0.177 e. The van der Waals surface area contributed by atoms with Crippen LogP contribution < -0.4 is 18.9 Å². The highest BCUT2D eigenvalue weighted by atomic mass is 16.6. The fraction of sp³-hybridized carbons (Fsp3) is 0.269. The lowest BCUT2D eigenvalue weighted by atomic mass is 9.86. The van der Waals surface area contributed by atoms with Gasteiger partial charge in [0.2, 0.25) is 0 Å². The van der Waals surface area contributed by atoms with Gasteiger partial charge >= 0.3 is 0 Å². The number of benzene rings is 3. The normalized spacial score (nSPS) is 22.8. The molecule has 9 nitrogen and oxygen atoms in total. The molecule has 0 aliphatic carbocycles. The summed E-state index contributed by atoms with van der Waals surface area (Å²) in [4.78, 5) is 13.0. The summed E-state index contributed by atoms with van der Waals surface area (Å²) in [5.41, 5.74) is 1.30. The van der Waals surface area contributed by atoms with E-state index in [1.165, 1.54) is 19.2 Å². The minimum atomic E-state index is -0.702. The molecular weight excluding hydrogens is 456 g/mol. The molecule has 0 aromatic heterocycles. The monoisotopic (exact) mass is 480 g/mol. The Morgan fingerprint density at radius 2 is 1.54 bits per heavy atom. The first-order valence-electron chi connectivity index (χ1n) is 11.0. The molecule has 0 spiro atoms. The summed E-state index contributed by atoms with van der Waals surface area (Å²) < 4.78 is 23.4. The van der Waals surface area contributed by atoms with Gasteiger partial charge in [-0.1, -0.05) is 19.1 Å². The van der Waals surface area contributed by atoms with Crippen LogP contribution in [0.5, 0.6) is 40.2 Å². The van der Waals surface area contributed by atoms with Gasteiger partial charge in [-0.3, -0.25) is 4.79 Å². The van der Waals surface area contributed by atoms with Crippen LogP contribution in [0.1, 0.15) is 40.6 Å². The third-order valence-electron chi connectivity index (χ3n) is 6.31.